The third kappa shape index (κ3) is 2.32. The fourth-order valence-corrected chi connectivity index (χ4v) is 3.06. The summed E-state index contributed by atoms with van der Waals surface area (Å²) in [6.45, 7) is 1.98. The standard InChI is InChI=1S/C17H17N5O/c18-17(23)16-15(12-6-2-1-3-7-12)19-13-8-9-14(20-22(13)16)21-10-4-5-11-21/h1-3,6-9H,4-5,10-11H2,(H2,18,23). The van der Waals surface area contributed by atoms with Crippen molar-refractivity contribution in [3.63, 3.8) is 0 Å². The van der Waals surface area contributed by atoms with Crippen molar-refractivity contribution >= 4 is 17.4 Å². The molecule has 3 aromatic rings. The minimum absolute atomic E-state index is 0.326. The Hall–Kier alpha value is -2.89. The van der Waals surface area contributed by atoms with Gasteiger partial charge >= 0.3 is 0 Å². The number of nitrogens with two attached hydrogens (primary N) is 1. The van der Waals surface area contributed by atoms with Gasteiger partial charge in [0.25, 0.3) is 5.91 Å². The van der Waals surface area contributed by atoms with Crippen LogP contribution in [0.4, 0.5) is 5.82 Å². The lowest BCUT2D eigenvalue weighted by Crippen LogP contribution is -2.21. The van der Waals surface area contributed by atoms with E-state index in [4.69, 9.17) is 5.73 Å². The molecule has 2 aromatic heterocycles. The topological polar surface area (TPSA) is 76.5 Å². The van der Waals surface area contributed by atoms with Crippen LogP contribution in [0.25, 0.3) is 16.9 Å². The number of amides is 1. The molecule has 3 heterocycles. The Balaban J connectivity index is 1.91. The van der Waals surface area contributed by atoms with Crippen LogP contribution < -0.4 is 10.6 Å². The van der Waals surface area contributed by atoms with Crippen LogP contribution in [0.15, 0.2) is 42.5 Å². The van der Waals surface area contributed by atoms with E-state index in [1.165, 1.54) is 12.8 Å². The van der Waals surface area contributed by atoms with Gasteiger partial charge in [0.1, 0.15) is 11.5 Å². The molecule has 4 rings (SSSR count). The minimum atomic E-state index is -0.526. The fourth-order valence-electron chi connectivity index (χ4n) is 3.06. The molecular formula is C17H17N5O. The predicted molar refractivity (Wildman–Crippen MR) is 88.4 cm³/mol. The molecule has 1 saturated heterocycles. The van der Waals surface area contributed by atoms with Crippen molar-refractivity contribution < 1.29 is 4.79 Å². The van der Waals surface area contributed by atoms with Crippen LogP contribution in [-0.2, 0) is 0 Å². The van der Waals surface area contributed by atoms with Gasteiger partial charge in [-0.3, -0.25) is 4.79 Å². The minimum Gasteiger partial charge on any atom is -0.364 e. The third-order valence-electron chi connectivity index (χ3n) is 4.17. The van der Waals surface area contributed by atoms with Crippen molar-refractivity contribution in [3.05, 3.63) is 48.2 Å². The lowest BCUT2D eigenvalue weighted by molar-refractivity contribution is 0.0994. The Labute approximate surface area is 133 Å². The van der Waals surface area contributed by atoms with E-state index in [2.05, 4.69) is 15.0 Å². The van der Waals surface area contributed by atoms with E-state index in [1.807, 2.05) is 42.5 Å². The van der Waals surface area contributed by atoms with Gasteiger partial charge in [0.05, 0.1) is 0 Å². The Morgan fingerprint density at radius 2 is 1.78 bits per heavy atom. The number of fused-ring (bicyclic) bond motifs is 1. The summed E-state index contributed by atoms with van der Waals surface area (Å²) in [6, 6.07) is 13.4. The Morgan fingerprint density at radius 1 is 1.04 bits per heavy atom. The van der Waals surface area contributed by atoms with Gasteiger partial charge in [0.15, 0.2) is 11.3 Å². The maximum Gasteiger partial charge on any atom is 0.269 e. The zero-order chi connectivity index (χ0) is 15.8. The Kier molecular flexibility index (Phi) is 3.22. The second-order valence-electron chi connectivity index (χ2n) is 5.69. The normalized spacial score (nSPS) is 14.5. The highest BCUT2D eigenvalue weighted by molar-refractivity contribution is 5.98. The molecule has 23 heavy (non-hydrogen) atoms. The van der Waals surface area contributed by atoms with Crippen LogP contribution in [0.5, 0.6) is 0 Å². The number of nitrogens with zero attached hydrogens (tertiary/aromatic N) is 4. The number of imidazole rings is 1. The molecule has 0 saturated carbocycles. The Morgan fingerprint density at radius 3 is 2.48 bits per heavy atom. The van der Waals surface area contributed by atoms with E-state index in [1.54, 1.807) is 4.52 Å². The van der Waals surface area contributed by atoms with Crippen LogP contribution in [-0.4, -0.2) is 33.6 Å². The molecule has 0 aliphatic carbocycles. The average Bonchev–Trinajstić information content (AvgIpc) is 3.22. The van der Waals surface area contributed by atoms with Crippen molar-refractivity contribution in [2.45, 2.75) is 12.8 Å². The van der Waals surface area contributed by atoms with Crippen molar-refractivity contribution in [1.82, 2.24) is 14.6 Å². The largest absolute Gasteiger partial charge is 0.364 e. The van der Waals surface area contributed by atoms with Gasteiger partial charge in [0.2, 0.25) is 0 Å². The molecule has 0 atom stereocenters. The number of rotatable bonds is 3. The lowest BCUT2D eigenvalue weighted by atomic mass is 10.1. The first-order chi connectivity index (χ1) is 11.2. The molecule has 0 unspecified atom stereocenters. The van der Waals surface area contributed by atoms with E-state index in [9.17, 15) is 4.79 Å². The molecule has 1 aliphatic heterocycles. The first-order valence-corrected chi connectivity index (χ1v) is 7.74. The van der Waals surface area contributed by atoms with Gasteiger partial charge in [-0.25, -0.2) is 9.50 Å². The van der Waals surface area contributed by atoms with Gasteiger partial charge in [-0.05, 0) is 25.0 Å². The average molecular weight is 307 g/mol. The quantitative estimate of drug-likeness (QED) is 0.804. The second kappa shape index (κ2) is 5.39. The summed E-state index contributed by atoms with van der Waals surface area (Å²) in [5.74, 6) is 0.330. The zero-order valence-corrected chi connectivity index (χ0v) is 12.6. The number of benzene rings is 1. The molecule has 6 nitrogen and oxygen atoms in total. The molecule has 116 valence electrons. The molecule has 1 fully saturated rings. The van der Waals surface area contributed by atoms with E-state index < -0.39 is 5.91 Å². The van der Waals surface area contributed by atoms with Crippen LogP contribution in [0.1, 0.15) is 23.3 Å². The highest BCUT2D eigenvalue weighted by Crippen LogP contribution is 2.25. The summed E-state index contributed by atoms with van der Waals surface area (Å²) in [5.41, 5.74) is 7.99. The van der Waals surface area contributed by atoms with Crippen molar-refractivity contribution in [3.8, 4) is 11.3 Å². The maximum absolute atomic E-state index is 12.0. The van der Waals surface area contributed by atoms with Crippen molar-refractivity contribution in [1.29, 1.82) is 0 Å². The number of carbonyl (C=O) groups excluding carboxylic acids is 1. The van der Waals surface area contributed by atoms with E-state index in [0.29, 0.717) is 17.0 Å². The van der Waals surface area contributed by atoms with Gasteiger partial charge in [-0.15, -0.1) is 5.10 Å². The Bertz CT molecular complexity index is 865. The molecule has 0 radical (unpaired) electrons. The summed E-state index contributed by atoms with van der Waals surface area (Å²) >= 11 is 0. The van der Waals surface area contributed by atoms with E-state index in [-0.39, 0.29) is 0 Å². The third-order valence-corrected chi connectivity index (χ3v) is 4.17. The summed E-state index contributed by atoms with van der Waals surface area (Å²) in [7, 11) is 0. The molecule has 0 spiro atoms. The molecular weight excluding hydrogens is 290 g/mol. The molecule has 1 aromatic carbocycles. The lowest BCUT2D eigenvalue weighted by Gasteiger charge is -2.15. The number of hydrogen-bond donors (Lipinski definition) is 1. The van der Waals surface area contributed by atoms with E-state index >= 15 is 0 Å². The van der Waals surface area contributed by atoms with Crippen LogP contribution >= 0.6 is 0 Å². The molecule has 0 bridgehead atoms. The number of anilines is 1. The van der Waals surface area contributed by atoms with Crippen molar-refractivity contribution in [2.75, 3.05) is 18.0 Å². The van der Waals surface area contributed by atoms with Crippen LogP contribution in [0, 0.1) is 0 Å². The molecule has 1 amide bonds. The molecule has 6 heteroatoms. The monoisotopic (exact) mass is 307 g/mol. The SMILES string of the molecule is NC(=O)c1c(-c2ccccc2)nc2ccc(N3CCCC3)nn12. The maximum atomic E-state index is 12.0. The highest BCUT2D eigenvalue weighted by atomic mass is 16.1. The summed E-state index contributed by atoms with van der Waals surface area (Å²) < 4.78 is 1.57. The fraction of sp³-hybridized carbons (Fsp3) is 0.235. The molecule has 2 N–H and O–H groups in total. The van der Waals surface area contributed by atoms with Gasteiger partial charge in [-0.1, -0.05) is 30.3 Å². The summed E-state index contributed by atoms with van der Waals surface area (Å²) in [6.07, 6.45) is 2.34. The number of aromatic nitrogens is 3. The highest BCUT2D eigenvalue weighted by Gasteiger charge is 2.21. The summed E-state index contributed by atoms with van der Waals surface area (Å²) in [5, 5.41) is 4.60. The van der Waals surface area contributed by atoms with E-state index in [0.717, 1.165) is 24.5 Å². The zero-order valence-electron chi connectivity index (χ0n) is 12.6. The number of carbonyl (C=O) groups is 1. The van der Waals surface area contributed by atoms with Crippen LogP contribution in [0.3, 0.4) is 0 Å². The summed E-state index contributed by atoms with van der Waals surface area (Å²) in [4.78, 5) is 18.8. The van der Waals surface area contributed by atoms with Gasteiger partial charge in [0, 0.05) is 18.7 Å². The second-order valence-corrected chi connectivity index (χ2v) is 5.69. The predicted octanol–water partition coefficient (Wildman–Crippen LogP) is 2.10. The van der Waals surface area contributed by atoms with Crippen molar-refractivity contribution in [2.24, 2.45) is 5.73 Å². The van der Waals surface area contributed by atoms with Gasteiger partial charge < -0.3 is 10.6 Å². The first kappa shape index (κ1) is 13.8. The first-order valence-electron chi connectivity index (χ1n) is 7.74. The van der Waals surface area contributed by atoms with Crippen LogP contribution in [0.2, 0.25) is 0 Å². The number of hydrogen-bond acceptors (Lipinski definition) is 4. The number of primary amides is 1. The van der Waals surface area contributed by atoms with Gasteiger partial charge in [-0.2, -0.15) is 0 Å². The molecule has 1 aliphatic rings. The smallest absolute Gasteiger partial charge is 0.269 e.